The third-order valence-corrected chi connectivity index (χ3v) is 1.65. The molecular formula is C8H8F2N2O. The molecule has 0 saturated carbocycles. The molecule has 0 aliphatic rings. The third kappa shape index (κ3) is 1.44. The Kier molecular flexibility index (Phi) is 2.18. The molecule has 5 heteroatoms. The van der Waals surface area contributed by atoms with Gasteiger partial charge in [-0.05, 0) is 18.6 Å². The molecule has 0 bridgehead atoms. The highest BCUT2D eigenvalue weighted by atomic mass is 19.1. The molecular weight excluding hydrogens is 178 g/mol. The third-order valence-electron chi connectivity index (χ3n) is 1.65. The summed E-state index contributed by atoms with van der Waals surface area (Å²) in [5.74, 6) is -3.55. The minimum atomic E-state index is -1.19. The maximum Gasteiger partial charge on any atom is 0.178 e. The molecule has 0 amide bonds. The van der Waals surface area contributed by atoms with Crippen molar-refractivity contribution in [2.75, 3.05) is 0 Å². The van der Waals surface area contributed by atoms with Crippen LogP contribution in [0, 0.1) is 24.0 Å². The van der Waals surface area contributed by atoms with E-state index in [2.05, 4.69) is 0 Å². The molecule has 0 aliphatic heterocycles. The second-order valence-corrected chi connectivity index (χ2v) is 2.63. The summed E-state index contributed by atoms with van der Waals surface area (Å²) in [4.78, 5) is 0. The van der Waals surface area contributed by atoms with E-state index < -0.39 is 28.8 Å². The molecule has 0 heterocycles. The van der Waals surface area contributed by atoms with E-state index in [9.17, 15) is 8.78 Å². The second-order valence-electron chi connectivity index (χ2n) is 2.63. The van der Waals surface area contributed by atoms with Crippen molar-refractivity contribution < 1.29 is 13.9 Å². The van der Waals surface area contributed by atoms with Gasteiger partial charge in [-0.15, -0.1) is 0 Å². The summed E-state index contributed by atoms with van der Waals surface area (Å²) in [5.41, 5.74) is 4.30. The van der Waals surface area contributed by atoms with Crippen LogP contribution in [0.2, 0.25) is 0 Å². The number of aryl methyl sites for hydroxylation is 1. The highest BCUT2D eigenvalue weighted by molar-refractivity contribution is 5.96. The number of amidine groups is 1. The smallest absolute Gasteiger partial charge is 0.178 e. The zero-order valence-corrected chi connectivity index (χ0v) is 6.86. The SMILES string of the molecule is Cc1cc(F)c(C(=N)N)c(F)c1O. The van der Waals surface area contributed by atoms with Crippen molar-refractivity contribution in [3.05, 3.63) is 28.8 Å². The van der Waals surface area contributed by atoms with Gasteiger partial charge < -0.3 is 10.8 Å². The van der Waals surface area contributed by atoms with Crippen LogP contribution in [0.3, 0.4) is 0 Å². The number of hydrogen-bond donors (Lipinski definition) is 3. The molecule has 0 saturated heterocycles. The summed E-state index contributed by atoms with van der Waals surface area (Å²) in [6.45, 7) is 1.35. The van der Waals surface area contributed by atoms with Gasteiger partial charge in [0.25, 0.3) is 0 Å². The summed E-state index contributed by atoms with van der Waals surface area (Å²) in [7, 11) is 0. The number of phenolic OH excluding ortho intramolecular Hbond substituents is 1. The van der Waals surface area contributed by atoms with Gasteiger partial charge in [-0.2, -0.15) is 0 Å². The molecule has 1 rings (SSSR count). The van der Waals surface area contributed by atoms with Crippen LogP contribution in [0.15, 0.2) is 6.07 Å². The van der Waals surface area contributed by atoms with Gasteiger partial charge in [0.15, 0.2) is 11.6 Å². The van der Waals surface area contributed by atoms with Crippen molar-refractivity contribution in [2.45, 2.75) is 6.92 Å². The van der Waals surface area contributed by atoms with Crippen LogP contribution in [0.1, 0.15) is 11.1 Å². The maximum atomic E-state index is 13.1. The van der Waals surface area contributed by atoms with Crippen molar-refractivity contribution in [2.24, 2.45) is 5.73 Å². The highest BCUT2D eigenvalue weighted by Crippen LogP contribution is 2.25. The molecule has 0 atom stereocenters. The first kappa shape index (κ1) is 9.44. The lowest BCUT2D eigenvalue weighted by Gasteiger charge is -2.06. The Bertz CT molecular complexity index is 377. The van der Waals surface area contributed by atoms with Crippen molar-refractivity contribution in [1.29, 1.82) is 5.41 Å². The number of aromatic hydroxyl groups is 1. The summed E-state index contributed by atoms with van der Waals surface area (Å²) in [6, 6.07) is 0.926. The zero-order chi connectivity index (χ0) is 10.2. The van der Waals surface area contributed by atoms with E-state index in [1.165, 1.54) is 6.92 Å². The first-order valence-electron chi connectivity index (χ1n) is 3.47. The molecule has 0 spiro atoms. The van der Waals surface area contributed by atoms with Crippen LogP contribution >= 0.6 is 0 Å². The van der Waals surface area contributed by atoms with Crippen LogP contribution in [-0.2, 0) is 0 Å². The van der Waals surface area contributed by atoms with E-state index in [0.717, 1.165) is 6.07 Å². The number of nitrogens with one attached hydrogen (secondary N) is 1. The van der Waals surface area contributed by atoms with Gasteiger partial charge in [-0.1, -0.05) is 0 Å². The molecule has 70 valence electrons. The van der Waals surface area contributed by atoms with Crippen molar-refractivity contribution >= 4 is 5.84 Å². The number of nitrogen functional groups attached to an aromatic ring is 1. The van der Waals surface area contributed by atoms with Gasteiger partial charge in [0, 0.05) is 0 Å². The number of hydrogen-bond acceptors (Lipinski definition) is 2. The van der Waals surface area contributed by atoms with Crippen LogP contribution in [-0.4, -0.2) is 10.9 Å². The first-order chi connectivity index (χ1) is 5.95. The summed E-state index contributed by atoms with van der Waals surface area (Å²) in [5, 5.41) is 15.9. The van der Waals surface area contributed by atoms with Crippen LogP contribution in [0.4, 0.5) is 8.78 Å². The molecule has 0 aromatic heterocycles. The lowest BCUT2D eigenvalue weighted by molar-refractivity contribution is 0.422. The van der Waals surface area contributed by atoms with Gasteiger partial charge >= 0.3 is 0 Å². The second kappa shape index (κ2) is 3.01. The van der Waals surface area contributed by atoms with Gasteiger partial charge in [-0.25, -0.2) is 8.78 Å². The Morgan fingerprint density at radius 3 is 2.54 bits per heavy atom. The zero-order valence-electron chi connectivity index (χ0n) is 6.86. The van der Waals surface area contributed by atoms with Crippen LogP contribution in [0.25, 0.3) is 0 Å². The number of phenols is 1. The van der Waals surface area contributed by atoms with E-state index in [0.29, 0.717) is 0 Å². The van der Waals surface area contributed by atoms with Crippen LogP contribution in [0.5, 0.6) is 5.75 Å². The number of nitrogens with two attached hydrogens (primary N) is 1. The van der Waals surface area contributed by atoms with E-state index in [1.807, 2.05) is 0 Å². The number of benzene rings is 1. The average molecular weight is 186 g/mol. The summed E-state index contributed by atoms with van der Waals surface area (Å²) < 4.78 is 26.0. The lowest BCUT2D eigenvalue weighted by Crippen LogP contribution is -2.16. The predicted octanol–water partition coefficient (Wildman–Crippen LogP) is 1.26. The molecule has 4 N–H and O–H groups in total. The average Bonchev–Trinajstić information content (AvgIpc) is 1.99. The molecule has 3 nitrogen and oxygen atoms in total. The van der Waals surface area contributed by atoms with Gasteiger partial charge in [0.2, 0.25) is 0 Å². The molecule has 0 aliphatic carbocycles. The van der Waals surface area contributed by atoms with Crippen molar-refractivity contribution in [1.82, 2.24) is 0 Å². The van der Waals surface area contributed by atoms with Gasteiger partial charge in [0.05, 0.1) is 5.56 Å². The predicted molar refractivity (Wildman–Crippen MR) is 43.8 cm³/mol. The quantitative estimate of drug-likeness (QED) is 0.456. The van der Waals surface area contributed by atoms with E-state index in [-0.39, 0.29) is 5.56 Å². The topological polar surface area (TPSA) is 70.1 Å². The summed E-state index contributed by atoms with van der Waals surface area (Å²) in [6.07, 6.45) is 0. The standard InChI is InChI=1S/C8H8F2N2O/c1-3-2-4(9)5(8(11)12)6(10)7(3)13/h2,13H,1H3,(H3,11,12). The fourth-order valence-electron chi connectivity index (χ4n) is 0.974. The van der Waals surface area contributed by atoms with Gasteiger partial charge in [0.1, 0.15) is 11.7 Å². The number of halogens is 2. The minimum absolute atomic E-state index is 0.0694. The largest absolute Gasteiger partial charge is 0.505 e. The Labute approximate surface area is 73.3 Å². The van der Waals surface area contributed by atoms with E-state index in [4.69, 9.17) is 16.2 Å². The maximum absolute atomic E-state index is 13.1. The Morgan fingerprint density at radius 2 is 2.08 bits per heavy atom. The van der Waals surface area contributed by atoms with Crippen molar-refractivity contribution in [3.63, 3.8) is 0 Å². The lowest BCUT2D eigenvalue weighted by atomic mass is 10.1. The Morgan fingerprint density at radius 1 is 1.54 bits per heavy atom. The normalized spacial score (nSPS) is 10.1. The Hall–Kier alpha value is -1.65. The molecule has 0 fully saturated rings. The summed E-state index contributed by atoms with van der Waals surface area (Å²) >= 11 is 0. The minimum Gasteiger partial charge on any atom is -0.505 e. The van der Waals surface area contributed by atoms with E-state index >= 15 is 0 Å². The van der Waals surface area contributed by atoms with Crippen LogP contribution < -0.4 is 5.73 Å². The molecule has 13 heavy (non-hydrogen) atoms. The molecule has 1 aromatic carbocycles. The highest BCUT2D eigenvalue weighted by Gasteiger charge is 2.17. The van der Waals surface area contributed by atoms with Crippen molar-refractivity contribution in [3.8, 4) is 5.75 Å². The molecule has 0 unspecified atom stereocenters. The fourth-order valence-corrected chi connectivity index (χ4v) is 0.974. The van der Waals surface area contributed by atoms with E-state index in [1.54, 1.807) is 0 Å². The Balaban J connectivity index is 3.53. The number of rotatable bonds is 1. The molecule has 1 aromatic rings. The monoisotopic (exact) mass is 186 g/mol. The van der Waals surface area contributed by atoms with Gasteiger partial charge in [-0.3, -0.25) is 5.41 Å². The molecule has 0 radical (unpaired) electrons. The fraction of sp³-hybridized carbons (Fsp3) is 0.125. The first-order valence-corrected chi connectivity index (χ1v) is 3.47.